The van der Waals surface area contributed by atoms with Crippen LogP contribution in [0.4, 0.5) is 4.39 Å². The van der Waals surface area contributed by atoms with Crippen molar-refractivity contribution in [2.45, 2.75) is 45.1 Å². The molecule has 1 fully saturated rings. The van der Waals surface area contributed by atoms with Crippen LogP contribution in [-0.2, 0) is 11.2 Å². The van der Waals surface area contributed by atoms with Gasteiger partial charge >= 0.3 is 0 Å². The van der Waals surface area contributed by atoms with E-state index in [1.165, 1.54) is 6.07 Å². The van der Waals surface area contributed by atoms with E-state index in [4.69, 9.17) is 0 Å². The summed E-state index contributed by atoms with van der Waals surface area (Å²) in [6.07, 6.45) is 3.64. The Morgan fingerprint density at radius 1 is 1.29 bits per heavy atom. The van der Waals surface area contributed by atoms with Crippen LogP contribution >= 0.6 is 0 Å². The summed E-state index contributed by atoms with van der Waals surface area (Å²) in [6, 6.07) is 6.80. The lowest BCUT2D eigenvalue weighted by Gasteiger charge is -2.32. The smallest absolute Gasteiger partial charge is 0.227 e. The standard InChI is InChI=1S/C18H23FN4O/c1-13(2)23-12-20-21-18(23)14-7-9-22(10-8-14)17(24)11-15-5-3-4-6-16(15)19/h3-6,12-14H,7-11H2,1-2H3. The van der Waals surface area contributed by atoms with Crippen molar-refractivity contribution in [2.24, 2.45) is 0 Å². The van der Waals surface area contributed by atoms with Crippen LogP contribution in [0.2, 0.25) is 0 Å². The van der Waals surface area contributed by atoms with Gasteiger partial charge in [0.15, 0.2) is 0 Å². The number of aromatic nitrogens is 3. The number of hydrogen-bond acceptors (Lipinski definition) is 3. The monoisotopic (exact) mass is 330 g/mol. The molecule has 1 amide bonds. The second kappa shape index (κ2) is 7.11. The number of halogens is 1. The lowest BCUT2D eigenvalue weighted by atomic mass is 9.95. The molecule has 0 N–H and O–H groups in total. The fourth-order valence-corrected chi connectivity index (χ4v) is 3.25. The Morgan fingerprint density at radius 2 is 2.00 bits per heavy atom. The first-order chi connectivity index (χ1) is 11.6. The number of rotatable bonds is 4. The predicted molar refractivity (Wildman–Crippen MR) is 89.1 cm³/mol. The fraction of sp³-hybridized carbons (Fsp3) is 0.500. The van der Waals surface area contributed by atoms with Crippen LogP contribution in [0.3, 0.4) is 0 Å². The topological polar surface area (TPSA) is 51.0 Å². The molecule has 0 bridgehead atoms. The minimum atomic E-state index is -0.314. The van der Waals surface area contributed by atoms with Gasteiger partial charge in [-0.15, -0.1) is 10.2 Å². The highest BCUT2D eigenvalue weighted by atomic mass is 19.1. The molecule has 2 aromatic rings. The number of piperidine rings is 1. The third-order valence-electron chi connectivity index (χ3n) is 4.67. The van der Waals surface area contributed by atoms with Gasteiger partial charge in [0, 0.05) is 25.0 Å². The van der Waals surface area contributed by atoms with Gasteiger partial charge in [-0.05, 0) is 38.3 Å². The van der Waals surface area contributed by atoms with Crippen LogP contribution in [0.25, 0.3) is 0 Å². The zero-order valence-electron chi connectivity index (χ0n) is 14.2. The molecule has 128 valence electrons. The van der Waals surface area contributed by atoms with Crippen molar-refractivity contribution in [3.8, 4) is 0 Å². The first kappa shape index (κ1) is 16.6. The number of benzene rings is 1. The van der Waals surface area contributed by atoms with Crippen molar-refractivity contribution >= 4 is 5.91 Å². The average molecular weight is 330 g/mol. The number of amides is 1. The lowest BCUT2D eigenvalue weighted by Crippen LogP contribution is -2.39. The minimum Gasteiger partial charge on any atom is -0.342 e. The van der Waals surface area contributed by atoms with Gasteiger partial charge in [-0.2, -0.15) is 0 Å². The molecule has 0 aliphatic carbocycles. The van der Waals surface area contributed by atoms with Crippen molar-refractivity contribution < 1.29 is 9.18 Å². The Hall–Kier alpha value is -2.24. The second-order valence-electron chi connectivity index (χ2n) is 6.61. The number of carbonyl (C=O) groups excluding carboxylic acids is 1. The summed E-state index contributed by atoms with van der Waals surface area (Å²) in [5.74, 6) is 1.01. The van der Waals surface area contributed by atoms with E-state index in [-0.39, 0.29) is 18.1 Å². The molecule has 6 heteroatoms. The molecule has 1 aromatic heterocycles. The molecule has 0 spiro atoms. The molecule has 1 aliphatic rings. The maximum absolute atomic E-state index is 13.7. The van der Waals surface area contributed by atoms with Crippen molar-refractivity contribution in [3.63, 3.8) is 0 Å². The van der Waals surface area contributed by atoms with Gasteiger partial charge in [-0.25, -0.2) is 4.39 Å². The first-order valence-corrected chi connectivity index (χ1v) is 8.47. The van der Waals surface area contributed by atoms with E-state index in [0.717, 1.165) is 18.7 Å². The Balaban J connectivity index is 1.60. The molecule has 1 aromatic carbocycles. The molecule has 0 radical (unpaired) electrons. The molecule has 2 heterocycles. The molecule has 24 heavy (non-hydrogen) atoms. The Labute approximate surface area is 141 Å². The van der Waals surface area contributed by atoms with E-state index in [0.29, 0.717) is 30.6 Å². The summed E-state index contributed by atoms with van der Waals surface area (Å²) in [5, 5.41) is 8.30. The molecule has 0 unspecified atom stereocenters. The van der Waals surface area contributed by atoms with Crippen LogP contribution in [0, 0.1) is 5.82 Å². The summed E-state index contributed by atoms with van der Waals surface area (Å²) in [5.41, 5.74) is 0.462. The number of hydrogen-bond donors (Lipinski definition) is 0. The van der Waals surface area contributed by atoms with Gasteiger partial charge in [-0.1, -0.05) is 18.2 Å². The number of nitrogens with zero attached hydrogens (tertiary/aromatic N) is 4. The third kappa shape index (κ3) is 3.47. The summed E-state index contributed by atoms with van der Waals surface area (Å²) in [4.78, 5) is 14.2. The van der Waals surface area contributed by atoms with E-state index >= 15 is 0 Å². The number of likely N-dealkylation sites (tertiary alicyclic amines) is 1. The van der Waals surface area contributed by atoms with Crippen LogP contribution < -0.4 is 0 Å². The highest BCUT2D eigenvalue weighted by Crippen LogP contribution is 2.28. The van der Waals surface area contributed by atoms with Crippen LogP contribution in [-0.4, -0.2) is 38.7 Å². The number of carbonyl (C=O) groups is 1. The van der Waals surface area contributed by atoms with Crippen LogP contribution in [0.15, 0.2) is 30.6 Å². The summed E-state index contributed by atoms with van der Waals surface area (Å²) < 4.78 is 15.8. The van der Waals surface area contributed by atoms with Crippen molar-refractivity contribution in [3.05, 3.63) is 47.8 Å². The fourth-order valence-electron chi connectivity index (χ4n) is 3.25. The first-order valence-electron chi connectivity index (χ1n) is 8.47. The van der Waals surface area contributed by atoms with Gasteiger partial charge in [0.25, 0.3) is 0 Å². The third-order valence-corrected chi connectivity index (χ3v) is 4.67. The van der Waals surface area contributed by atoms with Crippen molar-refractivity contribution in [1.29, 1.82) is 0 Å². The minimum absolute atomic E-state index is 0.0103. The van der Waals surface area contributed by atoms with Gasteiger partial charge in [0.1, 0.15) is 18.0 Å². The molecule has 5 nitrogen and oxygen atoms in total. The van der Waals surface area contributed by atoms with E-state index in [1.54, 1.807) is 24.5 Å². The molecule has 0 atom stereocenters. The molecular weight excluding hydrogens is 307 g/mol. The van der Waals surface area contributed by atoms with E-state index in [2.05, 4.69) is 28.6 Å². The summed E-state index contributed by atoms with van der Waals surface area (Å²) >= 11 is 0. The van der Waals surface area contributed by atoms with Gasteiger partial charge < -0.3 is 9.47 Å². The summed E-state index contributed by atoms with van der Waals surface area (Å²) in [7, 11) is 0. The lowest BCUT2D eigenvalue weighted by molar-refractivity contribution is -0.131. The van der Waals surface area contributed by atoms with Crippen molar-refractivity contribution in [1.82, 2.24) is 19.7 Å². The SMILES string of the molecule is CC(C)n1cnnc1C1CCN(C(=O)Cc2ccccc2F)CC1. The van der Waals surface area contributed by atoms with Gasteiger partial charge in [0.05, 0.1) is 6.42 Å². The Kier molecular flexibility index (Phi) is 4.92. The largest absolute Gasteiger partial charge is 0.342 e. The van der Waals surface area contributed by atoms with E-state index < -0.39 is 0 Å². The van der Waals surface area contributed by atoms with E-state index in [1.807, 2.05) is 4.90 Å². The zero-order chi connectivity index (χ0) is 17.1. The van der Waals surface area contributed by atoms with E-state index in [9.17, 15) is 9.18 Å². The molecule has 1 saturated heterocycles. The van der Waals surface area contributed by atoms with Crippen LogP contribution in [0.1, 0.15) is 50.0 Å². The average Bonchev–Trinajstić information content (AvgIpc) is 3.07. The van der Waals surface area contributed by atoms with Gasteiger partial charge in [0.2, 0.25) is 5.91 Å². The second-order valence-corrected chi connectivity index (χ2v) is 6.61. The highest BCUT2D eigenvalue weighted by Gasteiger charge is 2.27. The molecule has 3 rings (SSSR count). The summed E-state index contributed by atoms with van der Waals surface area (Å²) in [6.45, 7) is 5.59. The van der Waals surface area contributed by atoms with Crippen LogP contribution in [0.5, 0.6) is 0 Å². The quantitative estimate of drug-likeness (QED) is 0.866. The maximum Gasteiger partial charge on any atom is 0.227 e. The zero-order valence-corrected chi connectivity index (χ0v) is 14.2. The normalized spacial score (nSPS) is 15.9. The molecule has 0 saturated carbocycles. The highest BCUT2D eigenvalue weighted by molar-refractivity contribution is 5.78. The van der Waals surface area contributed by atoms with Gasteiger partial charge in [-0.3, -0.25) is 4.79 Å². The predicted octanol–water partition coefficient (Wildman–Crippen LogP) is 2.95. The Morgan fingerprint density at radius 3 is 2.67 bits per heavy atom. The van der Waals surface area contributed by atoms with Crippen molar-refractivity contribution in [2.75, 3.05) is 13.1 Å². The Bertz CT molecular complexity index is 705. The molecule has 1 aliphatic heterocycles. The molecular formula is C18H23FN4O. The maximum atomic E-state index is 13.7.